The first-order chi connectivity index (χ1) is 9.66. The highest BCUT2D eigenvalue weighted by Crippen LogP contribution is 2.23. The molecular weight excluding hydrogens is 276 g/mol. The van der Waals surface area contributed by atoms with E-state index in [1.165, 1.54) is 16.2 Å². The number of carbonyl (C=O) groups is 2. The van der Waals surface area contributed by atoms with Gasteiger partial charge in [-0.2, -0.15) is 0 Å². The van der Waals surface area contributed by atoms with Crippen molar-refractivity contribution in [2.75, 3.05) is 12.3 Å². The summed E-state index contributed by atoms with van der Waals surface area (Å²) >= 11 is 1.33. The average molecular weight is 288 g/mol. The summed E-state index contributed by atoms with van der Waals surface area (Å²) in [6, 6.07) is 6.89. The number of hydrogen-bond donors (Lipinski definition) is 1. The van der Waals surface area contributed by atoms with Gasteiger partial charge in [0.2, 0.25) is 5.13 Å². The Morgan fingerprint density at radius 3 is 2.30 bits per heavy atom. The quantitative estimate of drug-likeness (QED) is 0.858. The molecule has 1 aliphatic rings. The largest absolute Gasteiger partial charge is 0.374 e. The summed E-state index contributed by atoms with van der Waals surface area (Å²) in [5.74, 6) is -0.440. The Labute approximate surface area is 119 Å². The van der Waals surface area contributed by atoms with Crippen molar-refractivity contribution < 1.29 is 9.59 Å². The fraction of sp³-hybridized carbons (Fsp3) is 0.231. The van der Waals surface area contributed by atoms with Gasteiger partial charge in [-0.1, -0.05) is 23.5 Å². The molecule has 3 rings (SSSR count). The van der Waals surface area contributed by atoms with Gasteiger partial charge in [0, 0.05) is 13.0 Å². The Morgan fingerprint density at radius 1 is 1.10 bits per heavy atom. The van der Waals surface area contributed by atoms with Crippen LogP contribution in [-0.2, 0) is 6.42 Å². The van der Waals surface area contributed by atoms with Gasteiger partial charge >= 0.3 is 0 Å². The van der Waals surface area contributed by atoms with E-state index in [9.17, 15) is 9.59 Å². The zero-order chi connectivity index (χ0) is 14.1. The average Bonchev–Trinajstić information content (AvgIpc) is 2.97. The van der Waals surface area contributed by atoms with E-state index in [0.29, 0.717) is 35.6 Å². The van der Waals surface area contributed by atoms with Crippen LogP contribution in [0.4, 0.5) is 5.13 Å². The minimum absolute atomic E-state index is 0.220. The second-order valence-corrected chi connectivity index (χ2v) is 5.54. The summed E-state index contributed by atoms with van der Waals surface area (Å²) in [7, 11) is 0. The van der Waals surface area contributed by atoms with Crippen molar-refractivity contribution in [1.29, 1.82) is 0 Å². The van der Waals surface area contributed by atoms with E-state index >= 15 is 0 Å². The van der Waals surface area contributed by atoms with E-state index < -0.39 is 0 Å². The number of rotatable bonds is 4. The van der Waals surface area contributed by atoms with E-state index in [4.69, 9.17) is 5.73 Å². The number of aromatic nitrogens is 2. The molecule has 0 atom stereocenters. The number of carbonyl (C=O) groups excluding carboxylic acids is 2. The van der Waals surface area contributed by atoms with E-state index in [0.717, 1.165) is 5.01 Å². The molecule has 0 spiro atoms. The molecule has 6 nitrogen and oxygen atoms in total. The molecule has 1 aromatic carbocycles. The molecule has 2 aromatic rings. The molecule has 7 heteroatoms. The number of aryl methyl sites for hydroxylation is 1. The van der Waals surface area contributed by atoms with Crippen LogP contribution >= 0.6 is 11.3 Å². The van der Waals surface area contributed by atoms with Crippen LogP contribution < -0.4 is 5.73 Å². The minimum Gasteiger partial charge on any atom is -0.374 e. The fourth-order valence-electron chi connectivity index (χ4n) is 2.20. The standard InChI is InChI=1S/C13H12N4O2S/c14-13-16-15-10(20-13)6-3-7-17-11(18)8-4-1-2-5-9(8)12(17)19/h1-2,4-5H,3,6-7H2,(H2,14,16). The molecule has 0 radical (unpaired) electrons. The summed E-state index contributed by atoms with van der Waals surface area (Å²) in [6.45, 7) is 0.381. The van der Waals surface area contributed by atoms with E-state index in [1.807, 2.05) is 0 Å². The van der Waals surface area contributed by atoms with Crippen LogP contribution in [0.25, 0.3) is 0 Å². The lowest BCUT2D eigenvalue weighted by molar-refractivity contribution is 0.0652. The van der Waals surface area contributed by atoms with Gasteiger partial charge in [0.25, 0.3) is 11.8 Å². The number of fused-ring (bicyclic) bond motifs is 1. The molecule has 0 unspecified atom stereocenters. The maximum absolute atomic E-state index is 12.1. The Bertz CT molecular complexity index is 648. The van der Waals surface area contributed by atoms with Crippen molar-refractivity contribution in [3.05, 3.63) is 40.4 Å². The second-order valence-electron chi connectivity index (χ2n) is 4.45. The number of nitrogen functional groups attached to an aromatic ring is 1. The summed E-state index contributed by atoms with van der Waals surface area (Å²) < 4.78 is 0. The van der Waals surface area contributed by atoms with Gasteiger partial charge in [-0.25, -0.2) is 0 Å². The summed E-state index contributed by atoms with van der Waals surface area (Å²) in [5, 5.41) is 8.89. The predicted molar refractivity (Wildman–Crippen MR) is 74.5 cm³/mol. The Kier molecular flexibility index (Phi) is 3.19. The summed E-state index contributed by atoms with van der Waals surface area (Å²) in [5.41, 5.74) is 6.47. The monoisotopic (exact) mass is 288 g/mol. The highest BCUT2D eigenvalue weighted by Gasteiger charge is 2.34. The number of nitrogens with zero attached hydrogens (tertiary/aromatic N) is 3. The number of amides is 2. The zero-order valence-corrected chi connectivity index (χ0v) is 11.4. The third-order valence-corrected chi connectivity index (χ3v) is 3.95. The van der Waals surface area contributed by atoms with E-state index in [2.05, 4.69) is 10.2 Å². The van der Waals surface area contributed by atoms with Crippen molar-refractivity contribution >= 4 is 28.3 Å². The van der Waals surface area contributed by atoms with Gasteiger partial charge in [-0.3, -0.25) is 14.5 Å². The van der Waals surface area contributed by atoms with Gasteiger partial charge in [0.05, 0.1) is 11.1 Å². The van der Waals surface area contributed by atoms with Crippen molar-refractivity contribution in [3.63, 3.8) is 0 Å². The maximum Gasteiger partial charge on any atom is 0.261 e. The molecule has 102 valence electrons. The van der Waals surface area contributed by atoms with Crippen LogP contribution in [0.1, 0.15) is 32.1 Å². The molecule has 2 amide bonds. The smallest absolute Gasteiger partial charge is 0.261 e. The van der Waals surface area contributed by atoms with Gasteiger partial charge in [-0.15, -0.1) is 10.2 Å². The van der Waals surface area contributed by atoms with Crippen LogP contribution in [0.5, 0.6) is 0 Å². The lowest BCUT2D eigenvalue weighted by atomic mass is 10.1. The molecule has 0 aliphatic carbocycles. The number of hydrogen-bond acceptors (Lipinski definition) is 6. The number of nitrogens with two attached hydrogens (primary N) is 1. The molecule has 0 saturated carbocycles. The van der Waals surface area contributed by atoms with Crippen molar-refractivity contribution in [2.45, 2.75) is 12.8 Å². The maximum atomic E-state index is 12.1. The van der Waals surface area contributed by atoms with Gasteiger partial charge in [0.15, 0.2) is 0 Å². The molecule has 0 saturated heterocycles. The van der Waals surface area contributed by atoms with E-state index in [1.54, 1.807) is 24.3 Å². The predicted octanol–water partition coefficient (Wildman–Crippen LogP) is 1.35. The third-order valence-electron chi connectivity index (χ3n) is 3.13. The van der Waals surface area contributed by atoms with Crippen LogP contribution in [0.15, 0.2) is 24.3 Å². The van der Waals surface area contributed by atoms with Crippen molar-refractivity contribution in [1.82, 2.24) is 15.1 Å². The van der Waals surface area contributed by atoms with Gasteiger partial charge < -0.3 is 5.73 Å². The van der Waals surface area contributed by atoms with Crippen molar-refractivity contribution in [2.24, 2.45) is 0 Å². The Morgan fingerprint density at radius 2 is 1.75 bits per heavy atom. The Hall–Kier alpha value is -2.28. The fourth-order valence-corrected chi connectivity index (χ4v) is 2.85. The summed E-state index contributed by atoms with van der Waals surface area (Å²) in [4.78, 5) is 25.5. The molecule has 0 bridgehead atoms. The van der Waals surface area contributed by atoms with Gasteiger partial charge in [-0.05, 0) is 18.6 Å². The lowest BCUT2D eigenvalue weighted by Crippen LogP contribution is -2.30. The molecule has 0 fully saturated rings. The zero-order valence-electron chi connectivity index (χ0n) is 10.6. The number of benzene rings is 1. The lowest BCUT2D eigenvalue weighted by Gasteiger charge is -2.12. The highest BCUT2D eigenvalue weighted by atomic mass is 32.1. The van der Waals surface area contributed by atoms with E-state index in [-0.39, 0.29) is 11.8 Å². The van der Waals surface area contributed by atoms with Crippen molar-refractivity contribution in [3.8, 4) is 0 Å². The first-order valence-corrected chi connectivity index (χ1v) is 7.01. The van der Waals surface area contributed by atoms with Crippen LogP contribution in [-0.4, -0.2) is 33.5 Å². The normalized spacial score (nSPS) is 13.9. The Balaban J connectivity index is 1.65. The number of imide groups is 1. The van der Waals surface area contributed by atoms with Crippen LogP contribution in [0.2, 0.25) is 0 Å². The SMILES string of the molecule is Nc1nnc(CCCN2C(=O)c3ccccc3C2=O)s1. The summed E-state index contributed by atoms with van der Waals surface area (Å²) in [6.07, 6.45) is 1.31. The topological polar surface area (TPSA) is 89.2 Å². The first kappa shape index (κ1) is 12.7. The van der Waals surface area contributed by atoms with Crippen LogP contribution in [0.3, 0.4) is 0 Å². The number of anilines is 1. The van der Waals surface area contributed by atoms with Crippen LogP contribution in [0, 0.1) is 0 Å². The second kappa shape index (κ2) is 5.01. The molecule has 1 aliphatic heterocycles. The molecular formula is C13H12N4O2S. The molecule has 2 N–H and O–H groups in total. The molecule has 1 aromatic heterocycles. The third kappa shape index (κ3) is 2.16. The molecule has 2 heterocycles. The first-order valence-electron chi connectivity index (χ1n) is 6.20. The molecule has 20 heavy (non-hydrogen) atoms. The highest BCUT2D eigenvalue weighted by molar-refractivity contribution is 7.15. The van der Waals surface area contributed by atoms with Gasteiger partial charge in [0.1, 0.15) is 5.01 Å². The minimum atomic E-state index is -0.220.